The molecule has 2 N–H and O–H groups in total. The summed E-state index contributed by atoms with van der Waals surface area (Å²) in [6.07, 6.45) is -1.14. The van der Waals surface area contributed by atoms with Gasteiger partial charge in [-0.05, 0) is 35.6 Å². The number of hydrogen-bond acceptors (Lipinski definition) is 5. The van der Waals surface area contributed by atoms with E-state index in [1.54, 1.807) is 6.92 Å². The van der Waals surface area contributed by atoms with E-state index in [-0.39, 0.29) is 38.1 Å². The number of morpholine rings is 1. The first-order chi connectivity index (χ1) is 16.3. The van der Waals surface area contributed by atoms with Crippen molar-refractivity contribution in [2.75, 3.05) is 32.8 Å². The molecule has 1 heterocycles. The van der Waals surface area contributed by atoms with Crippen molar-refractivity contribution in [1.82, 2.24) is 10.2 Å². The number of fused-ring (bicyclic) bond motifs is 3. The first-order valence-corrected chi connectivity index (χ1v) is 11.6. The van der Waals surface area contributed by atoms with Crippen LogP contribution < -0.4 is 5.32 Å². The minimum atomic E-state index is -1.09. The van der Waals surface area contributed by atoms with Crippen molar-refractivity contribution in [3.63, 3.8) is 0 Å². The lowest BCUT2D eigenvalue weighted by molar-refractivity contribution is -0.162. The van der Waals surface area contributed by atoms with E-state index in [0.717, 1.165) is 22.3 Å². The van der Waals surface area contributed by atoms with Crippen LogP contribution in [0.5, 0.6) is 0 Å². The van der Waals surface area contributed by atoms with E-state index in [4.69, 9.17) is 9.47 Å². The van der Waals surface area contributed by atoms with Gasteiger partial charge in [-0.3, -0.25) is 4.79 Å². The number of ether oxygens (including phenoxy) is 2. The third-order valence-corrected chi connectivity index (χ3v) is 6.89. The molecule has 2 aromatic carbocycles. The van der Waals surface area contributed by atoms with Crippen LogP contribution in [0.15, 0.2) is 48.5 Å². The minimum Gasteiger partial charge on any atom is -0.479 e. The lowest BCUT2D eigenvalue weighted by Crippen LogP contribution is -2.54. The molecule has 34 heavy (non-hydrogen) atoms. The summed E-state index contributed by atoms with van der Waals surface area (Å²) >= 11 is 0. The highest BCUT2D eigenvalue weighted by atomic mass is 16.5. The second-order valence-electron chi connectivity index (χ2n) is 9.04. The number of nitrogens with zero attached hydrogens (tertiary/aromatic N) is 1. The molecular weight excluding hydrogens is 436 g/mol. The average Bonchev–Trinajstić information content (AvgIpc) is 3.19. The van der Waals surface area contributed by atoms with Crippen LogP contribution in [0.4, 0.5) is 4.79 Å². The van der Waals surface area contributed by atoms with E-state index in [1.807, 2.05) is 31.2 Å². The van der Waals surface area contributed by atoms with E-state index in [0.29, 0.717) is 13.0 Å². The topological polar surface area (TPSA) is 105 Å². The number of aliphatic carboxylic acids is 1. The Balaban J connectivity index is 1.36. The number of alkyl carbamates (subject to hydrolysis) is 1. The number of carbonyl (C=O) groups is 3. The van der Waals surface area contributed by atoms with Crippen LogP contribution in [0, 0.1) is 5.41 Å². The SMILES string of the molecule is CCC(C)(CNC(=O)OCC1c2ccccc2-c2ccccc21)C(=O)N1CCOC(C(=O)O)C1. The smallest absolute Gasteiger partial charge is 0.407 e. The maximum absolute atomic E-state index is 13.2. The Morgan fingerprint density at radius 2 is 1.74 bits per heavy atom. The number of hydrogen-bond donors (Lipinski definition) is 2. The van der Waals surface area contributed by atoms with Crippen molar-refractivity contribution in [3.05, 3.63) is 59.7 Å². The summed E-state index contributed by atoms with van der Waals surface area (Å²) in [6.45, 7) is 4.41. The average molecular weight is 467 g/mol. The normalized spacial score (nSPS) is 19.0. The van der Waals surface area contributed by atoms with Crippen molar-refractivity contribution in [1.29, 1.82) is 0 Å². The number of nitrogens with one attached hydrogen (secondary N) is 1. The third-order valence-electron chi connectivity index (χ3n) is 6.89. The van der Waals surface area contributed by atoms with Crippen molar-refractivity contribution < 1.29 is 29.0 Å². The monoisotopic (exact) mass is 466 g/mol. The van der Waals surface area contributed by atoms with Crippen LogP contribution in [0.2, 0.25) is 0 Å². The number of carboxylic acid groups (broad SMARTS) is 1. The molecule has 2 atom stereocenters. The molecule has 1 fully saturated rings. The predicted octanol–water partition coefficient (Wildman–Crippen LogP) is 3.25. The molecule has 2 aliphatic rings. The van der Waals surface area contributed by atoms with E-state index in [9.17, 15) is 19.5 Å². The van der Waals surface area contributed by atoms with E-state index in [2.05, 4.69) is 29.6 Å². The summed E-state index contributed by atoms with van der Waals surface area (Å²) in [5.41, 5.74) is 3.69. The highest BCUT2D eigenvalue weighted by Crippen LogP contribution is 2.44. The van der Waals surface area contributed by atoms with Gasteiger partial charge in [0.2, 0.25) is 5.91 Å². The first kappa shape index (κ1) is 23.8. The standard InChI is InChI=1S/C26H30N2O6/c1-3-26(2,24(31)28-12-13-33-22(14-28)23(29)30)16-27-25(32)34-15-21-19-10-6-4-8-17(19)18-9-5-7-11-20(18)21/h4-11,21-22H,3,12-16H2,1-2H3,(H,27,32)(H,29,30). The Morgan fingerprint density at radius 3 is 2.32 bits per heavy atom. The summed E-state index contributed by atoms with van der Waals surface area (Å²) in [5.74, 6) is -1.34. The van der Waals surface area contributed by atoms with Gasteiger partial charge in [0, 0.05) is 19.0 Å². The zero-order valence-corrected chi connectivity index (χ0v) is 19.5. The summed E-state index contributed by atoms with van der Waals surface area (Å²) in [6, 6.07) is 16.2. The van der Waals surface area contributed by atoms with Crippen LogP contribution >= 0.6 is 0 Å². The second kappa shape index (κ2) is 9.85. The zero-order valence-electron chi connectivity index (χ0n) is 19.5. The van der Waals surface area contributed by atoms with Gasteiger partial charge >= 0.3 is 12.1 Å². The summed E-state index contributed by atoms with van der Waals surface area (Å²) in [7, 11) is 0. The maximum Gasteiger partial charge on any atom is 0.407 e. The van der Waals surface area contributed by atoms with Gasteiger partial charge in [-0.1, -0.05) is 55.5 Å². The van der Waals surface area contributed by atoms with E-state index >= 15 is 0 Å². The minimum absolute atomic E-state index is 0.00526. The Bertz CT molecular complexity index is 1040. The summed E-state index contributed by atoms with van der Waals surface area (Å²) < 4.78 is 10.8. The molecule has 0 saturated carbocycles. The lowest BCUT2D eigenvalue weighted by atomic mass is 9.85. The maximum atomic E-state index is 13.2. The predicted molar refractivity (Wildman–Crippen MR) is 125 cm³/mol. The molecule has 1 aliphatic carbocycles. The molecule has 0 spiro atoms. The second-order valence-corrected chi connectivity index (χ2v) is 9.04. The zero-order chi connectivity index (χ0) is 24.3. The molecule has 0 aromatic heterocycles. The Morgan fingerprint density at radius 1 is 1.12 bits per heavy atom. The van der Waals surface area contributed by atoms with Gasteiger partial charge in [-0.15, -0.1) is 0 Å². The Labute approximate surface area is 198 Å². The van der Waals surface area contributed by atoms with Gasteiger partial charge in [0.1, 0.15) is 6.61 Å². The molecule has 180 valence electrons. The molecule has 8 heteroatoms. The molecule has 2 unspecified atom stereocenters. The molecule has 0 bridgehead atoms. The van der Waals surface area contributed by atoms with Crippen molar-refractivity contribution in [2.45, 2.75) is 32.3 Å². The van der Waals surface area contributed by atoms with Gasteiger partial charge in [-0.2, -0.15) is 0 Å². The quantitative estimate of drug-likeness (QED) is 0.649. The van der Waals surface area contributed by atoms with Crippen LogP contribution in [0.25, 0.3) is 11.1 Å². The Kier molecular flexibility index (Phi) is 6.88. The molecular formula is C26H30N2O6. The fourth-order valence-corrected chi connectivity index (χ4v) is 4.63. The van der Waals surface area contributed by atoms with Gasteiger partial charge in [-0.25, -0.2) is 9.59 Å². The fraction of sp³-hybridized carbons (Fsp3) is 0.423. The summed E-state index contributed by atoms with van der Waals surface area (Å²) in [5, 5.41) is 12.0. The highest BCUT2D eigenvalue weighted by Gasteiger charge is 2.39. The van der Waals surface area contributed by atoms with Gasteiger partial charge < -0.3 is 24.8 Å². The molecule has 2 aromatic rings. The molecule has 1 saturated heterocycles. The van der Waals surface area contributed by atoms with E-state index < -0.39 is 23.6 Å². The molecule has 8 nitrogen and oxygen atoms in total. The molecule has 2 amide bonds. The third kappa shape index (κ3) is 4.63. The van der Waals surface area contributed by atoms with Crippen molar-refractivity contribution in [2.24, 2.45) is 5.41 Å². The highest BCUT2D eigenvalue weighted by molar-refractivity contribution is 5.84. The van der Waals surface area contributed by atoms with Crippen molar-refractivity contribution >= 4 is 18.0 Å². The van der Waals surface area contributed by atoms with Crippen LogP contribution in [-0.2, 0) is 19.1 Å². The Hall–Kier alpha value is -3.39. The first-order valence-electron chi connectivity index (χ1n) is 11.6. The number of carbonyl (C=O) groups excluding carboxylic acids is 2. The van der Waals surface area contributed by atoms with Gasteiger partial charge in [0.25, 0.3) is 0 Å². The van der Waals surface area contributed by atoms with E-state index in [1.165, 1.54) is 4.90 Å². The van der Waals surface area contributed by atoms with Crippen molar-refractivity contribution in [3.8, 4) is 11.1 Å². The lowest BCUT2D eigenvalue weighted by Gasteiger charge is -2.37. The number of rotatable bonds is 7. The number of amides is 2. The summed E-state index contributed by atoms with van der Waals surface area (Å²) in [4.78, 5) is 38.5. The van der Waals surface area contributed by atoms with Gasteiger partial charge in [0.15, 0.2) is 6.10 Å². The molecule has 0 radical (unpaired) electrons. The van der Waals surface area contributed by atoms with Crippen LogP contribution in [0.3, 0.4) is 0 Å². The fourth-order valence-electron chi connectivity index (χ4n) is 4.63. The van der Waals surface area contributed by atoms with Gasteiger partial charge in [0.05, 0.1) is 18.6 Å². The molecule has 1 aliphatic heterocycles. The number of benzene rings is 2. The largest absolute Gasteiger partial charge is 0.479 e. The number of carboxylic acids is 1. The van der Waals surface area contributed by atoms with Crippen LogP contribution in [0.1, 0.15) is 37.3 Å². The molecule has 4 rings (SSSR count). The van der Waals surface area contributed by atoms with Crippen LogP contribution in [-0.4, -0.2) is 66.9 Å².